The van der Waals surface area contributed by atoms with Gasteiger partial charge in [0.15, 0.2) is 0 Å². The van der Waals surface area contributed by atoms with Crippen LogP contribution in [-0.4, -0.2) is 76.4 Å². The molecule has 11 heteroatoms. The molecule has 1 spiro atoms. The van der Waals surface area contributed by atoms with Gasteiger partial charge in [-0.05, 0) is 112 Å². The molecule has 1 N–H and O–H groups in total. The molecular formula is C37H48ClN3O6S. The number of sulfonamides is 1. The number of allylic oxidation sites excluding steroid dienone is 1. The van der Waals surface area contributed by atoms with Gasteiger partial charge in [-0.1, -0.05) is 36.7 Å². The Morgan fingerprint density at radius 1 is 1.19 bits per heavy atom. The van der Waals surface area contributed by atoms with Gasteiger partial charge in [0, 0.05) is 43.2 Å². The zero-order valence-electron chi connectivity index (χ0n) is 28.4. The van der Waals surface area contributed by atoms with E-state index >= 15 is 0 Å². The van der Waals surface area contributed by atoms with E-state index in [1.54, 1.807) is 44.1 Å². The predicted octanol–water partition coefficient (Wildman–Crippen LogP) is 5.89. The highest BCUT2D eigenvalue weighted by Crippen LogP contribution is 2.47. The highest BCUT2D eigenvalue weighted by atomic mass is 35.5. The van der Waals surface area contributed by atoms with Crippen LogP contribution in [0.5, 0.6) is 5.75 Å². The van der Waals surface area contributed by atoms with Crippen LogP contribution in [0.2, 0.25) is 5.02 Å². The fourth-order valence-electron chi connectivity index (χ4n) is 8.10. The monoisotopic (exact) mass is 697 g/mol. The standard InChI is InChI=1S/C37H48ClN3O6S/c1-5-29-10-6-7-11-33(47-24(2)36(43)40(3)4)30-15-12-27(30)21-41-22-37(18-8-9-25-19-28(38)14-16-31(25)37)23-46-34-17-13-26(20-32(34)41)35(42)39-48(29,44)45/h7,11,13-14,16-17,19-20,24,27,29-30,33H,5-6,8-10,12,15,18,21-23H2,1-4H3,(H,39,42)/b11-7+/t24-,27+,29-,30-,33+,37+/m1/s1. The number of anilines is 1. The minimum absolute atomic E-state index is 0.0940. The molecule has 6 rings (SSSR count). The quantitative estimate of drug-likeness (QED) is 0.398. The molecule has 0 unspecified atom stereocenters. The van der Waals surface area contributed by atoms with Crippen LogP contribution in [0.4, 0.5) is 5.69 Å². The molecule has 2 heterocycles. The number of halogens is 1. The molecule has 48 heavy (non-hydrogen) atoms. The van der Waals surface area contributed by atoms with Crippen LogP contribution in [0.1, 0.15) is 80.3 Å². The van der Waals surface area contributed by atoms with Crippen molar-refractivity contribution in [2.24, 2.45) is 11.8 Å². The van der Waals surface area contributed by atoms with Crippen LogP contribution in [0.3, 0.4) is 0 Å². The van der Waals surface area contributed by atoms with Crippen molar-refractivity contribution in [2.45, 2.75) is 88.1 Å². The Balaban J connectivity index is 1.41. The number of nitrogens with one attached hydrogen (secondary N) is 1. The number of carbonyl (C=O) groups excluding carboxylic acids is 2. The Hall–Kier alpha value is -3.08. The van der Waals surface area contributed by atoms with Gasteiger partial charge in [-0.25, -0.2) is 13.1 Å². The van der Waals surface area contributed by atoms with Crippen molar-refractivity contribution in [2.75, 3.05) is 38.7 Å². The largest absolute Gasteiger partial charge is 0.490 e. The molecule has 0 radical (unpaired) electrons. The normalized spacial score (nSPS) is 29.6. The Morgan fingerprint density at radius 3 is 2.73 bits per heavy atom. The number of aryl methyl sites for hydroxylation is 1. The summed E-state index contributed by atoms with van der Waals surface area (Å²) in [6.45, 7) is 5.48. The Kier molecular flexibility index (Phi) is 10.2. The first-order valence-corrected chi connectivity index (χ1v) is 19.2. The molecule has 260 valence electrons. The SMILES string of the molecule is CC[C@@H]1CC/C=C/[C@H](O[C@H](C)C(=O)N(C)C)[C@@H]2CC[C@H]2CN2C[C@@]3(CCCc4cc(Cl)ccc43)COc3ccc(cc32)C(=O)NS1(=O)=O. The van der Waals surface area contributed by atoms with Gasteiger partial charge in [0.05, 0.1) is 23.6 Å². The lowest BCUT2D eigenvalue weighted by atomic mass is 9.68. The molecule has 9 nitrogen and oxygen atoms in total. The highest BCUT2D eigenvalue weighted by Gasteiger charge is 2.45. The first-order chi connectivity index (χ1) is 22.9. The molecule has 2 amide bonds. The summed E-state index contributed by atoms with van der Waals surface area (Å²) < 4.78 is 42.3. The molecule has 2 aliphatic carbocycles. The van der Waals surface area contributed by atoms with Crippen molar-refractivity contribution in [3.05, 3.63) is 70.3 Å². The number of rotatable bonds is 4. The van der Waals surface area contributed by atoms with Gasteiger partial charge in [-0.3, -0.25) is 9.59 Å². The van der Waals surface area contributed by atoms with E-state index in [9.17, 15) is 18.0 Å². The number of nitrogens with zero attached hydrogens (tertiary/aromatic N) is 2. The minimum atomic E-state index is -3.93. The van der Waals surface area contributed by atoms with Crippen LogP contribution in [0, 0.1) is 11.8 Å². The molecule has 2 aliphatic heterocycles. The van der Waals surface area contributed by atoms with Gasteiger partial charge in [-0.15, -0.1) is 0 Å². The lowest BCUT2D eigenvalue weighted by Crippen LogP contribution is -2.50. The summed E-state index contributed by atoms with van der Waals surface area (Å²) in [6, 6.07) is 11.4. The second kappa shape index (κ2) is 14.0. The molecule has 2 aromatic carbocycles. The van der Waals surface area contributed by atoms with E-state index in [2.05, 4.69) is 21.8 Å². The molecule has 0 aromatic heterocycles. The van der Waals surface area contributed by atoms with Gasteiger partial charge in [0.25, 0.3) is 11.8 Å². The summed E-state index contributed by atoms with van der Waals surface area (Å²) in [6.07, 6.45) is 9.22. The maximum Gasteiger partial charge on any atom is 0.264 e. The highest BCUT2D eigenvalue weighted by molar-refractivity contribution is 7.90. The number of likely N-dealkylation sites (N-methyl/N-ethyl adjacent to an activating group) is 1. The molecule has 4 aliphatic rings. The van der Waals surface area contributed by atoms with Gasteiger partial charge in [0.2, 0.25) is 10.0 Å². The summed E-state index contributed by atoms with van der Waals surface area (Å²) >= 11 is 6.44. The summed E-state index contributed by atoms with van der Waals surface area (Å²) in [7, 11) is -0.472. The fourth-order valence-corrected chi connectivity index (χ4v) is 9.72. The van der Waals surface area contributed by atoms with E-state index in [1.165, 1.54) is 11.1 Å². The number of fused-ring (bicyclic) bond motifs is 4. The predicted molar refractivity (Wildman–Crippen MR) is 188 cm³/mol. The van der Waals surface area contributed by atoms with E-state index in [1.807, 2.05) is 25.1 Å². The third kappa shape index (κ3) is 6.98. The van der Waals surface area contributed by atoms with Crippen LogP contribution < -0.4 is 14.4 Å². The number of carbonyl (C=O) groups is 2. The summed E-state index contributed by atoms with van der Waals surface area (Å²) in [5.41, 5.74) is 3.26. The second-order valence-corrected chi connectivity index (χ2v) is 16.7. The van der Waals surface area contributed by atoms with Crippen LogP contribution in [0.15, 0.2) is 48.6 Å². The van der Waals surface area contributed by atoms with Gasteiger partial charge in [-0.2, -0.15) is 0 Å². The fraction of sp³-hybridized carbons (Fsp3) is 0.568. The summed E-state index contributed by atoms with van der Waals surface area (Å²) in [5, 5.41) is -0.00704. The number of ether oxygens (including phenoxy) is 2. The van der Waals surface area contributed by atoms with Crippen molar-refractivity contribution in [3.63, 3.8) is 0 Å². The Bertz CT molecular complexity index is 1680. The zero-order chi connectivity index (χ0) is 34.2. The Labute approximate surface area is 290 Å². The number of hydrogen-bond acceptors (Lipinski definition) is 7. The molecule has 1 saturated carbocycles. The maximum atomic E-state index is 13.5. The van der Waals surface area contributed by atoms with Crippen molar-refractivity contribution < 1.29 is 27.5 Å². The van der Waals surface area contributed by atoms with Gasteiger partial charge >= 0.3 is 0 Å². The van der Waals surface area contributed by atoms with E-state index < -0.39 is 27.3 Å². The molecular weight excluding hydrogens is 650 g/mol. The van der Waals surface area contributed by atoms with E-state index in [0.29, 0.717) is 44.7 Å². The van der Waals surface area contributed by atoms with Crippen molar-refractivity contribution in [3.8, 4) is 5.75 Å². The van der Waals surface area contributed by atoms with Crippen LogP contribution in [0.25, 0.3) is 0 Å². The van der Waals surface area contributed by atoms with Crippen molar-refractivity contribution >= 4 is 39.1 Å². The first kappa shape index (κ1) is 34.8. The number of benzene rings is 2. The van der Waals surface area contributed by atoms with Crippen molar-refractivity contribution in [1.82, 2.24) is 9.62 Å². The van der Waals surface area contributed by atoms with Crippen molar-refractivity contribution in [1.29, 1.82) is 0 Å². The smallest absolute Gasteiger partial charge is 0.264 e. The van der Waals surface area contributed by atoms with E-state index in [4.69, 9.17) is 21.1 Å². The average Bonchev–Trinajstić information content (AvgIpc) is 3.18. The summed E-state index contributed by atoms with van der Waals surface area (Å²) in [5.74, 6) is 0.388. The molecule has 1 fully saturated rings. The van der Waals surface area contributed by atoms with Crippen LogP contribution >= 0.6 is 11.6 Å². The van der Waals surface area contributed by atoms with Crippen LogP contribution in [-0.2, 0) is 31.4 Å². The topological polar surface area (TPSA) is 105 Å². The number of hydrogen-bond donors (Lipinski definition) is 1. The lowest BCUT2D eigenvalue weighted by molar-refractivity contribution is -0.146. The second-order valence-electron chi connectivity index (χ2n) is 14.3. The Morgan fingerprint density at radius 2 is 2.00 bits per heavy atom. The number of amides is 2. The average molecular weight is 698 g/mol. The minimum Gasteiger partial charge on any atom is -0.490 e. The third-order valence-electron chi connectivity index (χ3n) is 10.9. The lowest BCUT2D eigenvalue weighted by Gasteiger charge is -2.46. The van der Waals surface area contributed by atoms with E-state index in [-0.39, 0.29) is 34.8 Å². The molecule has 2 aromatic rings. The molecule has 6 atom stereocenters. The van der Waals surface area contributed by atoms with Gasteiger partial charge in [0.1, 0.15) is 11.9 Å². The van der Waals surface area contributed by atoms with Gasteiger partial charge < -0.3 is 19.3 Å². The maximum absolute atomic E-state index is 13.5. The summed E-state index contributed by atoms with van der Waals surface area (Å²) in [4.78, 5) is 30.3. The first-order valence-electron chi connectivity index (χ1n) is 17.3. The zero-order valence-corrected chi connectivity index (χ0v) is 30.0. The molecule has 2 bridgehead atoms. The molecule has 0 saturated heterocycles. The third-order valence-corrected chi connectivity index (χ3v) is 13.1. The van der Waals surface area contributed by atoms with E-state index in [0.717, 1.165) is 42.8 Å².